The van der Waals surface area contributed by atoms with Crippen LogP contribution in [0.5, 0.6) is 17.2 Å². The van der Waals surface area contributed by atoms with E-state index in [1.54, 1.807) is 43.2 Å². The molecule has 10 heteroatoms. The second-order valence-corrected chi connectivity index (χ2v) is 10.3. The van der Waals surface area contributed by atoms with Crippen molar-refractivity contribution >= 4 is 21.6 Å². The van der Waals surface area contributed by atoms with Crippen molar-refractivity contribution in [2.45, 2.75) is 19.4 Å². The average molecular weight is 486 g/mol. The third-order valence-corrected chi connectivity index (χ3v) is 7.44. The summed E-state index contributed by atoms with van der Waals surface area (Å²) in [7, 11) is -0.0493. The third-order valence-electron chi connectivity index (χ3n) is 5.69. The lowest BCUT2D eigenvalue weighted by molar-refractivity contribution is -0.118. The number of rotatable bonds is 8. The van der Waals surface area contributed by atoms with Crippen LogP contribution in [0.1, 0.15) is 18.0 Å². The van der Waals surface area contributed by atoms with Gasteiger partial charge in [-0.15, -0.1) is 0 Å². The van der Waals surface area contributed by atoms with Gasteiger partial charge in [0.25, 0.3) is 5.91 Å². The first-order valence-electron chi connectivity index (χ1n) is 10.8. The summed E-state index contributed by atoms with van der Waals surface area (Å²) in [5.41, 5.74) is 2.23. The van der Waals surface area contributed by atoms with Crippen molar-refractivity contribution in [1.29, 1.82) is 0 Å². The summed E-state index contributed by atoms with van der Waals surface area (Å²) in [5, 5.41) is 7.48. The molecule has 34 heavy (non-hydrogen) atoms. The summed E-state index contributed by atoms with van der Waals surface area (Å²) in [5.74, 6) is 1.84. The standard InChI is InChI=1S/C24H27N3O6S/c1-16-6-4-5-7-20(16)33-14-24(28)25-23-13-19(17-8-9-21(31-2)22(12-17)32-3)26-27(23)18-10-11-34(29,30)15-18/h4-9,12-13,18H,10-11,14-15H2,1-3H3,(H,25,28)/t18-/m1/s1. The Bertz CT molecular complexity index is 1300. The van der Waals surface area contributed by atoms with Gasteiger partial charge in [-0.2, -0.15) is 5.10 Å². The first kappa shape index (κ1) is 23.6. The van der Waals surface area contributed by atoms with Gasteiger partial charge in [0.1, 0.15) is 11.6 Å². The van der Waals surface area contributed by atoms with Crippen molar-refractivity contribution < 1.29 is 27.4 Å². The van der Waals surface area contributed by atoms with E-state index in [1.807, 2.05) is 31.2 Å². The summed E-state index contributed by atoms with van der Waals surface area (Å²) in [6.45, 7) is 1.71. The molecule has 1 saturated heterocycles. The third kappa shape index (κ3) is 5.17. The van der Waals surface area contributed by atoms with Crippen LogP contribution in [-0.2, 0) is 14.6 Å². The molecule has 1 aromatic heterocycles. The molecule has 9 nitrogen and oxygen atoms in total. The molecule has 0 saturated carbocycles. The molecule has 2 aromatic carbocycles. The number of hydrogen-bond donors (Lipinski definition) is 1. The number of anilines is 1. The number of para-hydroxylation sites is 1. The van der Waals surface area contributed by atoms with E-state index in [2.05, 4.69) is 10.4 Å². The SMILES string of the molecule is COc1ccc(-c2cc(NC(=O)COc3ccccc3C)n([C@@H]3CCS(=O)(=O)C3)n2)cc1OC. The van der Waals surface area contributed by atoms with Crippen molar-refractivity contribution in [3.05, 3.63) is 54.1 Å². The van der Waals surface area contributed by atoms with Crippen LogP contribution in [0.4, 0.5) is 5.82 Å². The highest BCUT2D eigenvalue weighted by Gasteiger charge is 2.32. The van der Waals surface area contributed by atoms with Gasteiger partial charge in [-0.1, -0.05) is 18.2 Å². The highest BCUT2D eigenvalue weighted by molar-refractivity contribution is 7.91. The van der Waals surface area contributed by atoms with Crippen LogP contribution in [0.15, 0.2) is 48.5 Å². The minimum absolute atomic E-state index is 0.0252. The molecule has 1 aliphatic rings. The van der Waals surface area contributed by atoms with Gasteiger partial charge >= 0.3 is 0 Å². The van der Waals surface area contributed by atoms with Gasteiger partial charge in [0, 0.05) is 11.6 Å². The predicted molar refractivity (Wildman–Crippen MR) is 128 cm³/mol. The minimum Gasteiger partial charge on any atom is -0.493 e. The van der Waals surface area contributed by atoms with Gasteiger partial charge in [-0.25, -0.2) is 13.1 Å². The Morgan fingerprint density at radius 1 is 1.09 bits per heavy atom. The lowest BCUT2D eigenvalue weighted by Gasteiger charge is -2.14. The lowest BCUT2D eigenvalue weighted by Crippen LogP contribution is -2.24. The van der Waals surface area contributed by atoms with Gasteiger partial charge in [0.05, 0.1) is 37.5 Å². The number of benzene rings is 2. The predicted octanol–water partition coefficient (Wildman–Crippen LogP) is 3.25. The van der Waals surface area contributed by atoms with Gasteiger partial charge in [-0.05, 0) is 43.2 Å². The molecule has 3 aromatic rings. The van der Waals surface area contributed by atoms with Crippen LogP contribution < -0.4 is 19.5 Å². The smallest absolute Gasteiger partial charge is 0.263 e. The molecule has 1 amide bonds. The first-order valence-corrected chi connectivity index (χ1v) is 12.6. The number of methoxy groups -OCH3 is 2. The number of aryl methyl sites for hydroxylation is 1. The molecule has 1 fully saturated rings. The average Bonchev–Trinajstić information content (AvgIpc) is 3.40. The Kier molecular flexibility index (Phi) is 6.78. The maximum Gasteiger partial charge on any atom is 0.263 e. The molecule has 0 unspecified atom stereocenters. The maximum atomic E-state index is 12.7. The van der Waals surface area contributed by atoms with Gasteiger partial charge < -0.3 is 19.5 Å². The fraction of sp³-hybridized carbons (Fsp3) is 0.333. The van der Waals surface area contributed by atoms with Crippen molar-refractivity contribution in [2.24, 2.45) is 0 Å². The number of nitrogens with one attached hydrogen (secondary N) is 1. The summed E-state index contributed by atoms with van der Waals surface area (Å²) in [6.07, 6.45) is 0.429. The summed E-state index contributed by atoms with van der Waals surface area (Å²) >= 11 is 0. The van der Waals surface area contributed by atoms with E-state index in [9.17, 15) is 13.2 Å². The molecular weight excluding hydrogens is 458 g/mol. The Morgan fingerprint density at radius 3 is 2.53 bits per heavy atom. The number of nitrogens with zero attached hydrogens (tertiary/aromatic N) is 2. The van der Waals surface area contributed by atoms with Crippen molar-refractivity contribution in [3.63, 3.8) is 0 Å². The van der Waals surface area contributed by atoms with E-state index >= 15 is 0 Å². The maximum absolute atomic E-state index is 12.7. The van der Waals surface area contributed by atoms with E-state index < -0.39 is 9.84 Å². The molecule has 2 heterocycles. The van der Waals surface area contributed by atoms with E-state index in [0.717, 1.165) is 11.1 Å². The Labute approximate surface area is 198 Å². The van der Waals surface area contributed by atoms with E-state index in [1.165, 1.54) is 0 Å². The number of hydrogen-bond acceptors (Lipinski definition) is 7. The van der Waals surface area contributed by atoms with Crippen LogP contribution in [0, 0.1) is 6.92 Å². The van der Waals surface area contributed by atoms with Crippen LogP contribution in [-0.4, -0.2) is 56.4 Å². The van der Waals surface area contributed by atoms with Crippen LogP contribution in [0.3, 0.4) is 0 Å². The zero-order valence-corrected chi connectivity index (χ0v) is 20.1. The summed E-state index contributed by atoms with van der Waals surface area (Å²) < 4.78 is 42.1. The first-order chi connectivity index (χ1) is 16.3. The number of sulfone groups is 1. The van der Waals surface area contributed by atoms with Gasteiger partial charge in [0.15, 0.2) is 27.9 Å². The van der Waals surface area contributed by atoms with Crippen LogP contribution in [0.25, 0.3) is 11.3 Å². The Balaban J connectivity index is 1.60. The highest BCUT2D eigenvalue weighted by Crippen LogP contribution is 2.34. The topological polar surface area (TPSA) is 109 Å². The highest BCUT2D eigenvalue weighted by atomic mass is 32.2. The largest absolute Gasteiger partial charge is 0.493 e. The number of ether oxygens (including phenoxy) is 3. The Morgan fingerprint density at radius 2 is 1.85 bits per heavy atom. The number of carbonyl (C=O) groups is 1. The summed E-state index contributed by atoms with van der Waals surface area (Å²) in [4.78, 5) is 12.7. The minimum atomic E-state index is -3.15. The van der Waals surface area contributed by atoms with E-state index in [-0.39, 0.29) is 30.1 Å². The fourth-order valence-corrected chi connectivity index (χ4v) is 5.60. The van der Waals surface area contributed by atoms with Crippen molar-refractivity contribution in [3.8, 4) is 28.5 Å². The molecule has 1 aliphatic heterocycles. The second kappa shape index (κ2) is 9.76. The molecule has 180 valence electrons. The second-order valence-electron chi connectivity index (χ2n) is 8.09. The number of amides is 1. The molecule has 0 spiro atoms. The zero-order chi connectivity index (χ0) is 24.3. The van der Waals surface area contributed by atoms with Crippen LogP contribution in [0.2, 0.25) is 0 Å². The monoisotopic (exact) mass is 485 g/mol. The van der Waals surface area contributed by atoms with Crippen molar-refractivity contribution in [2.75, 3.05) is 37.6 Å². The molecule has 0 radical (unpaired) electrons. The summed E-state index contributed by atoms with van der Waals surface area (Å²) in [6, 6.07) is 14.2. The zero-order valence-electron chi connectivity index (χ0n) is 19.3. The molecule has 0 aliphatic carbocycles. The normalized spacial score (nSPS) is 16.7. The molecule has 1 atom stereocenters. The molecule has 1 N–H and O–H groups in total. The van der Waals surface area contributed by atoms with Crippen LogP contribution >= 0.6 is 0 Å². The van der Waals surface area contributed by atoms with Gasteiger partial charge in [0.2, 0.25) is 0 Å². The number of carbonyl (C=O) groups excluding carboxylic acids is 1. The van der Waals surface area contributed by atoms with E-state index in [4.69, 9.17) is 14.2 Å². The van der Waals surface area contributed by atoms with Crippen molar-refractivity contribution in [1.82, 2.24) is 9.78 Å². The molecule has 0 bridgehead atoms. The Hall–Kier alpha value is -3.53. The molecular formula is C24H27N3O6S. The lowest BCUT2D eigenvalue weighted by atomic mass is 10.1. The molecule has 4 rings (SSSR count). The quantitative estimate of drug-likeness (QED) is 0.522. The van der Waals surface area contributed by atoms with E-state index in [0.29, 0.717) is 35.2 Å². The van der Waals surface area contributed by atoms with Gasteiger partial charge in [-0.3, -0.25) is 4.79 Å². The fourth-order valence-electron chi connectivity index (χ4n) is 3.91. The number of aromatic nitrogens is 2.